The number of halogens is 1. The molecule has 1 aromatic carbocycles. The average molecular weight is 387 g/mol. The molecule has 0 fully saturated rings. The molecule has 0 bridgehead atoms. The number of aromatic amines is 2. The Bertz CT molecular complexity index is 1330. The quantitative estimate of drug-likeness (QED) is 0.488. The zero-order valence-corrected chi connectivity index (χ0v) is 15.9. The molecular weight excluding hydrogens is 369 g/mol. The van der Waals surface area contributed by atoms with E-state index in [4.69, 9.17) is 4.98 Å². The molecule has 0 unspecified atom stereocenters. The molecular formula is C21H18FN7. The van der Waals surface area contributed by atoms with Crippen LogP contribution in [0.2, 0.25) is 0 Å². The number of aromatic nitrogens is 7. The summed E-state index contributed by atoms with van der Waals surface area (Å²) >= 11 is 0. The highest BCUT2D eigenvalue weighted by molar-refractivity contribution is 5.91. The van der Waals surface area contributed by atoms with Gasteiger partial charge in [-0.15, -0.1) is 0 Å². The molecule has 4 heterocycles. The Balaban J connectivity index is 1.51. The summed E-state index contributed by atoms with van der Waals surface area (Å²) in [6, 6.07) is 5.39. The summed E-state index contributed by atoms with van der Waals surface area (Å²) in [5.74, 6) is -0.192. The van der Waals surface area contributed by atoms with Crippen LogP contribution in [0.25, 0.3) is 33.5 Å². The molecule has 0 spiro atoms. The van der Waals surface area contributed by atoms with Gasteiger partial charge in [0, 0.05) is 40.3 Å². The first-order valence-electron chi connectivity index (χ1n) is 9.21. The SMILES string of the molecule is Cc1cccc(Cn2cc(-c3c[nH]c4ncc(-c5cn[nH]c5C)nc34)cn2)c1F. The molecule has 0 amide bonds. The topological polar surface area (TPSA) is 88.1 Å². The number of nitrogens with zero attached hydrogens (tertiary/aromatic N) is 5. The van der Waals surface area contributed by atoms with E-state index in [1.54, 1.807) is 42.3 Å². The predicted octanol–water partition coefficient (Wildman–Crippen LogP) is 4.02. The van der Waals surface area contributed by atoms with Gasteiger partial charge in [0.2, 0.25) is 0 Å². The van der Waals surface area contributed by atoms with Gasteiger partial charge in [-0.1, -0.05) is 18.2 Å². The van der Waals surface area contributed by atoms with Gasteiger partial charge in [-0.2, -0.15) is 10.2 Å². The predicted molar refractivity (Wildman–Crippen MR) is 108 cm³/mol. The molecule has 5 rings (SSSR count). The highest BCUT2D eigenvalue weighted by Gasteiger charge is 2.14. The second-order valence-electron chi connectivity index (χ2n) is 7.04. The van der Waals surface area contributed by atoms with Gasteiger partial charge < -0.3 is 4.98 Å². The summed E-state index contributed by atoms with van der Waals surface area (Å²) in [5.41, 5.74) is 7.07. The minimum atomic E-state index is -0.192. The third-order valence-electron chi connectivity index (χ3n) is 5.04. The average Bonchev–Trinajstić information content (AvgIpc) is 3.44. The van der Waals surface area contributed by atoms with Gasteiger partial charge in [0.1, 0.15) is 11.3 Å². The minimum Gasteiger partial charge on any atom is -0.344 e. The number of aryl methyl sites for hydroxylation is 2. The zero-order valence-electron chi connectivity index (χ0n) is 15.9. The first-order valence-corrected chi connectivity index (χ1v) is 9.21. The van der Waals surface area contributed by atoms with Crippen molar-refractivity contribution in [1.29, 1.82) is 0 Å². The molecule has 8 heteroatoms. The summed E-state index contributed by atoms with van der Waals surface area (Å²) in [4.78, 5) is 12.4. The number of H-pyrrole nitrogens is 2. The van der Waals surface area contributed by atoms with Crippen molar-refractivity contribution in [3.05, 3.63) is 71.8 Å². The van der Waals surface area contributed by atoms with E-state index in [1.807, 2.05) is 25.4 Å². The van der Waals surface area contributed by atoms with Crippen LogP contribution in [0.1, 0.15) is 16.8 Å². The summed E-state index contributed by atoms with van der Waals surface area (Å²) < 4.78 is 16.0. The van der Waals surface area contributed by atoms with Gasteiger partial charge in [0.05, 0.1) is 30.8 Å². The maximum Gasteiger partial charge on any atom is 0.156 e. The van der Waals surface area contributed by atoms with Crippen LogP contribution in [-0.2, 0) is 6.54 Å². The van der Waals surface area contributed by atoms with Crippen molar-refractivity contribution in [2.45, 2.75) is 20.4 Å². The Labute approximate surface area is 165 Å². The largest absolute Gasteiger partial charge is 0.344 e. The molecule has 7 nitrogen and oxygen atoms in total. The lowest BCUT2D eigenvalue weighted by Gasteiger charge is -2.05. The smallest absolute Gasteiger partial charge is 0.156 e. The second kappa shape index (κ2) is 6.66. The van der Waals surface area contributed by atoms with Crippen molar-refractivity contribution in [3.63, 3.8) is 0 Å². The Morgan fingerprint density at radius 2 is 2.00 bits per heavy atom. The maximum absolute atomic E-state index is 14.3. The molecule has 2 N–H and O–H groups in total. The Morgan fingerprint density at radius 1 is 1.10 bits per heavy atom. The molecule has 144 valence electrons. The standard InChI is InChI=1S/C21H18FN7/c1-12-4-3-5-14(19(12)22)10-29-11-15(6-26-29)17-7-23-21-20(17)27-18(9-24-21)16-8-25-28-13(16)2/h3-9,11H,10H2,1-2H3,(H,23,24)(H,25,28). The van der Waals surface area contributed by atoms with Crippen LogP contribution in [0, 0.1) is 19.7 Å². The van der Waals surface area contributed by atoms with Gasteiger partial charge in [-0.3, -0.25) is 9.78 Å². The van der Waals surface area contributed by atoms with E-state index in [9.17, 15) is 4.39 Å². The molecule has 0 aliphatic rings. The molecule has 0 aliphatic carbocycles. The molecule has 0 radical (unpaired) electrons. The van der Waals surface area contributed by atoms with Crippen LogP contribution in [0.15, 0.2) is 49.2 Å². The first kappa shape index (κ1) is 17.3. The lowest BCUT2D eigenvalue weighted by molar-refractivity contribution is 0.578. The number of hydrogen-bond donors (Lipinski definition) is 2. The van der Waals surface area contributed by atoms with Gasteiger partial charge in [-0.05, 0) is 19.4 Å². The molecule has 0 saturated carbocycles. The lowest BCUT2D eigenvalue weighted by Crippen LogP contribution is -2.03. The molecule has 4 aromatic heterocycles. The molecule has 5 aromatic rings. The number of fused-ring (bicyclic) bond motifs is 1. The Hall–Kier alpha value is -3.81. The van der Waals surface area contributed by atoms with E-state index in [-0.39, 0.29) is 5.82 Å². The van der Waals surface area contributed by atoms with E-state index in [0.717, 1.165) is 33.6 Å². The monoisotopic (exact) mass is 387 g/mol. The van der Waals surface area contributed by atoms with Crippen LogP contribution in [0.3, 0.4) is 0 Å². The van der Waals surface area contributed by atoms with E-state index in [2.05, 4.69) is 25.3 Å². The number of rotatable bonds is 4. The third kappa shape index (κ3) is 2.98. The highest BCUT2D eigenvalue weighted by atomic mass is 19.1. The summed E-state index contributed by atoms with van der Waals surface area (Å²) in [5, 5.41) is 11.4. The summed E-state index contributed by atoms with van der Waals surface area (Å²) in [7, 11) is 0. The molecule has 29 heavy (non-hydrogen) atoms. The minimum absolute atomic E-state index is 0.192. The first-order chi connectivity index (χ1) is 14.1. The van der Waals surface area contributed by atoms with Gasteiger partial charge in [0.25, 0.3) is 0 Å². The maximum atomic E-state index is 14.3. The second-order valence-corrected chi connectivity index (χ2v) is 7.04. The fourth-order valence-corrected chi connectivity index (χ4v) is 3.44. The fraction of sp³-hybridized carbons (Fsp3) is 0.143. The van der Waals surface area contributed by atoms with Crippen molar-refractivity contribution >= 4 is 11.2 Å². The zero-order chi connectivity index (χ0) is 20.0. The summed E-state index contributed by atoms with van der Waals surface area (Å²) in [6.45, 7) is 4.07. The van der Waals surface area contributed by atoms with E-state index in [1.165, 1.54) is 0 Å². The van der Waals surface area contributed by atoms with Gasteiger partial charge in [-0.25, -0.2) is 14.4 Å². The fourth-order valence-electron chi connectivity index (χ4n) is 3.44. The van der Waals surface area contributed by atoms with Gasteiger partial charge >= 0.3 is 0 Å². The Morgan fingerprint density at radius 3 is 2.83 bits per heavy atom. The highest BCUT2D eigenvalue weighted by Crippen LogP contribution is 2.29. The van der Waals surface area contributed by atoms with E-state index < -0.39 is 0 Å². The Kier molecular flexibility index (Phi) is 3.97. The number of benzene rings is 1. The van der Waals surface area contributed by atoms with Crippen molar-refractivity contribution in [2.75, 3.05) is 0 Å². The number of nitrogens with one attached hydrogen (secondary N) is 2. The van der Waals surface area contributed by atoms with E-state index >= 15 is 0 Å². The van der Waals surface area contributed by atoms with Crippen LogP contribution in [0.4, 0.5) is 4.39 Å². The van der Waals surface area contributed by atoms with Crippen molar-refractivity contribution in [3.8, 4) is 22.4 Å². The van der Waals surface area contributed by atoms with E-state index in [0.29, 0.717) is 23.3 Å². The van der Waals surface area contributed by atoms with Crippen molar-refractivity contribution in [2.24, 2.45) is 0 Å². The van der Waals surface area contributed by atoms with Crippen LogP contribution >= 0.6 is 0 Å². The van der Waals surface area contributed by atoms with Crippen LogP contribution < -0.4 is 0 Å². The molecule has 0 saturated heterocycles. The van der Waals surface area contributed by atoms with Crippen molar-refractivity contribution in [1.82, 2.24) is 34.9 Å². The summed E-state index contributed by atoms with van der Waals surface area (Å²) in [6.07, 6.45) is 8.98. The molecule has 0 aliphatic heterocycles. The third-order valence-corrected chi connectivity index (χ3v) is 5.04. The van der Waals surface area contributed by atoms with Crippen LogP contribution in [0.5, 0.6) is 0 Å². The van der Waals surface area contributed by atoms with Gasteiger partial charge in [0.15, 0.2) is 5.65 Å². The number of hydrogen-bond acceptors (Lipinski definition) is 4. The lowest BCUT2D eigenvalue weighted by atomic mass is 10.1. The van der Waals surface area contributed by atoms with Crippen molar-refractivity contribution < 1.29 is 4.39 Å². The van der Waals surface area contributed by atoms with Crippen LogP contribution in [-0.4, -0.2) is 34.9 Å². The molecule has 0 atom stereocenters. The normalized spacial score (nSPS) is 11.4.